The number of rotatable bonds is 7. The molecule has 0 aliphatic carbocycles. The van der Waals surface area contributed by atoms with Crippen molar-refractivity contribution in [3.63, 3.8) is 0 Å². The monoisotopic (exact) mass is 171 g/mol. The zero-order chi connectivity index (χ0) is 9.40. The summed E-state index contributed by atoms with van der Waals surface area (Å²) in [6.07, 6.45) is 5.90. The van der Waals surface area contributed by atoms with Crippen LogP contribution in [0.4, 0.5) is 0 Å². The van der Waals surface area contributed by atoms with Crippen molar-refractivity contribution >= 4 is 0 Å². The second-order valence-corrected chi connectivity index (χ2v) is 3.63. The highest BCUT2D eigenvalue weighted by Gasteiger charge is 2.11. The quantitative estimate of drug-likeness (QED) is 0.536. The molecule has 0 aromatic rings. The van der Waals surface area contributed by atoms with Crippen molar-refractivity contribution in [1.29, 1.82) is 0 Å². The Bertz CT molecular complexity index is 108. The maximum atomic E-state index is 10.2. The van der Waals surface area contributed by atoms with Crippen LogP contribution < -0.4 is 0 Å². The van der Waals surface area contributed by atoms with E-state index in [9.17, 15) is 4.91 Å². The van der Waals surface area contributed by atoms with Crippen LogP contribution in [0.1, 0.15) is 52.9 Å². The van der Waals surface area contributed by atoms with Gasteiger partial charge in [0.25, 0.3) is 0 Å². The van der Waals surface area contributed by atoms with E-state index in [1.165, 1.54) is 25.7 Å². The molecule has 0 radical (unpaired) electrons. The van der Waals surface area contributed by atoms with Gasteiger partial charge in [-0.25, -0.2) is 0 Å². The van der Waals surface area contributed by atoms with Gasteiger partial charge < -0.3 is 0 Å². The van der Waals surface area contributed by atoms with Gasteiger partial charge in [0.15, 0.2) is 0 Å². The topological polar surface area (TPSA) is 29.4 Å². The average molecular weight is 171 g/mol. The van der Waals surface area contributed by atoms with Crippen LogP contribution in [0.15, 0.2) is 5.18 Å². The molecule has 0 aromatic heterocycles. The molecule has 0 amide bonds. The lowest BCUT2D eigenvalue weighted by Gasteiger charge is -2.15. The summed E-state index contributed by atoms with van der Waals surface area (Å²) >= 11 is 0. The summed E-state index contributed by atoms with van der Waals surface area (Å²) in [7, 11) is 0. The van der Waals surface area contributed by atoms with E-state index in [0.717, 1.165) is 6.42 Å². The first kappa shape index (κ1) is 11.6. The van der Waals surface area contributed by atoms with Crippen molar-refractivity contribution in [2.75, 3.05) is 0 Å². The Morgan fingerprint density at radius 2 is 1.67 bits per heavy atom. The highest BCUT2D eigenvalue weighted by molar-refractivity contribution is 4.66. The molecule has 2 nitrogen and oxygen atoms in total. The van der Waals surface area contributed by atoms with Gasteiger partial charge in [-0.15, -0.1) is 0 Å². The van der Waals surface area contributed by atoms with Gasteiger partial charge in [-0.1, -0.05) is 44.7 Å². The molecule has 0 heterocycles. The van der Waals surface area contributed by atoms with E-state index in [4.69, 9.17) is 0 Å². The number of hydrogen-bond donors (Lipinski definition) is 0. The third-order valence-corrected chi connectivity index (χ3v) is 2.25. The SMILES string of the molecule is CCCC(CCC)CC(C)N=O. The predicted octanol–water partition coefficient (Wildman–Crippen LogP) is 3.75. The van der Waals surface area contributed by atoms with Crippen LogP contribution in [0.2, 0.25) is 0 Å². The Kier molecular flexibility index (Phi) is 7.02. The lowest BCUT2D eigenvalue weighted by Crippen LogP contribution is -2.08. The second kappa shape index (κ2) is 7.26. The summed E-state index contributed by atoms with van der Waals surface area (Å²) in [6.45, 7) is 6.30. The fraction of sp³-hybridized carbons (Fsp3) is 1.00. The van der Waals surface area contributed by atoms with Crippen molar-refractivity contribution in [2.45, 2.75) is 58.9 Å². The third kappa shape index (κ3) is 5.28. The molecule has 0 rings (SSSR count). The van der Waals surface area contributed by atoms with Gasteiger partial charge in [-0.05, 0) is 19.3 Å². The first-order valence-corrected chi connectivity index (χ1v) is 5.07. The Balaban J connectivity index is 3.68. The maximum Gasteiger partial charge on any atom is 0.0894 e. The van der Waals surface area contributed by atoms with Crippen molar-refractivity contribution in [1.82, 2.24) is 0 Å². The molecule has 0 aromatic carbocycles. The zero-order valence-corrected chi connectivity index (χ0v) is 8.55. The van der Waals surface area contributed by atoms with Crippen molar-refractivity contribution in [3.8, 4) is 0 Å². The fourth-order valence-corrected chi connectivity index (χ4v) is 1.72. The van der Waals surface area contributed by atoms with E-state index in [1.54, 1.807) is 0 Å². The van der Waals surface area contributed by atoms with Gasteiger partial charge in [0.2, 0.25) is 0 Å². The fourth-order valence-electron chi connectivity index (χ4n) is 1.72. The van der Waals surface area contributed by atoms with Crippen molar-refractivity contribution in [3.05, 3.63) is 4.91 Å². The van der Waals surface area contributed by atoms with Crippen LogP contribution in [0.5, 0.6) is 0 Å². The summed E-state index contributed by atoms with van der Waals surface area (Å²) in [5.41, 5.74) is 0. The van der Waals surface area contributed by atoms with E-state index < -0.39 is 0 Å². The van der Waals surface area contributed by atoms with Crippen LogP contribution in [-0.4, -0.2) is 6.04 Å². The van der Waals surface area contributed by atoms with Gasteiger partial charge in [-0.2, -0.15) is 4.91 Å². The second-order valence-electron chi connectivity index (χ2n) is 3.63. The first-order chi connectivity index (χ1) is 5.74. The number of hydrogen-bond acceptors (Lipinski definition) is 2. The highest BCUT2D eigenvalue weighted by atomic mass is 16.3. The third-order valence-electron chi connectivity index (χ3n) is 2.25. The van der Waals surface area contributed by atoms with Crippen LogP contribution in [-0.2, 0) is 0 Å². The maximum absolute atomic E-state index is 10.2. The molecular formula is C10H21NO. The molecule has 0 spiro atoms. The largest absolute Gasteiger partial charge is 0.151 e. The Morgan fingerprint density at radius 1 is 1.17 bits per heavy atom. The molecule has 0 N–H and O–H groups in total. The molecular weight excluding hydrogens is 150 g/mol. The van der Waals surface area contributed by atoms with Crippen LogP contribution in [0.25, 0.3) is 0 Å². The van der Waals surface area contributed by atoms with E-state index in [-0.39, 0.29) is 6.04 Å². The molecule has 1 unspecified atom stereocenters. The van der Waals surface area contributed by atoms with Gasteiger partial charge in [0, 0.05) is 0 Å². The summed E-state index contributed by atoms with van der Waals surface area (Å²) in [5.74, 6) is 0.715. The van der Waals surface area contributed by atoms with Gasteiger partial charge in [0.05, 0.1) is 6.04 Å². The normalized spacial score (nSPS) is 13.3. The van der Waals surface area contributed by atoms with Crippen molar-refractivity contribution < 1.29 is 0 Å². The highest BCUT2D eigenvalue weighted by Crippen LogP contribution is 2.20. The Hall–Kier alpha value is -0.400. The molecule has 72 valence electrons. The smallest absolute Gasteiger partial charge is 0.0894 e. The standard InChI is InChI=1S/C10H21NO/c1-4-6-10(7-5-2)8-9(3)11-12/h9-10H,4-8H2,1-3H3. The minimum Gasteiger partial charge on any atom is -0.151 e. The average Bonchev–Trinajstić information content (AvgIpc) is 2.05. The van der Waals surface area contributed by atoms with E-state index in [0.29, 0.717) is 5.92 Å². The first-order valence-electron chi connectivity index (χ1n) is 5.07. The molecule has 0 aliphatic rings. The minimum absolute atomic E-state index is 0.00750. The molecule has 0 aliphatic heterocycles. The summed E-state index contributed by atoms with van der Waals surface area (Å²) in [5, 5.41) is 3.04. The predicted molar refractivity (Wildman–Crippen MR) is 53.2 cm³/mol. The molecule has 2 heteroatoms. The number of nitrogens with zero attached hydrogens (tertiary/aromatic N) is 1. The summed E-state index contributed by atoms with van der Waals surface area (Å²) in [6, 6.07) is 0.00750. The summed E-state index contributed by atoms with van der Waals surface area (Å²) < 4.78 is 0. The molecule has 0 saturated carbocycles. The summed E-state index contributed by atoms with van der Waals surface area (Å²) in [4.78, 5) is 10.2. The van der Waals surface area contributed by atoms with Gasteiger partial charge >= 0.3 is 0 Å². The van der Waals surface area contributed by atoms with Crippen LogP contribution >= 0.6 is 0 Å². The van der Waals surface area contributed by atoms with Crippen LogP contribution in [0, 0.1) is 10.8 Å². The molecule has 0 fully saturated rings. The molecule has 0 bridgehead atoms. The minimum atomic E-state index is 0.00750. The Morgan fingerprint density at radius 3 is 2.00 bits per heavy atom. The Labute approximate surface area is 75.7 Å². The zero-order valence-electron chi connectivity index (χ0n) is 8.55. The lowest BCUT2D eigenvalue weighted by atomic mass is 9.92. The molecule has 1 atom stereocenters. The van der Waals surface area contributed by atoms with Gasteiger partial charge in [-0.3, -0.25) is 0 Å². The van der Waals surface area contributed by atoms with Crippen molar-refractivity contribution in [2.24, 2.45) is 11.1 Å². The van der Waals surface area contributed by atoms with E-state index in [1.807, 2.05) is 6.92 Å². The van der Waals surface area contributed by atoms with Crippen LogP contribution in [0.3, 0.4) is 0 Å². The van der Waals surface area contributed by atoms with Gasteiger partial charge in [0.1, 0.15) is 0 Å². The van der Waals surface area contributed by atoms with E-state index in [2.05, 4.69) is 19.0 Å². The number of nitroso groups, excluding NO2 is 1. The molecule has 0 saturated heterocycles. The lowest BCUT2D eigenvalue weighted by molar-refractivity contribution is 0.385. The van der Waals surface area contributed by atoms with E-state index >= 15 is 0 Å². The molecule has 12 heavy (non-hydrogen) atoms.